The Balaban J connectivity index is 0.00000112. The van der Waals surface area contributed by atoms with Gasteiger partial charge in [-0.3, -0.25) is 4.79 Å². The second kappa shape index (κ2) is 5.12. The first kappa shape index (κ1) is 12.0. The minimum absolute atomic E-state index is 0. The summed E-state index contributed by atoms with van der Waals surface area (Å²) in [5, 5.41) is 2.04. The molecule has 0 aliphatic carbocycles. The Morgan fingerprint density at radius 3 is 2.47 bits per heavy atom. The Hall–Kier alpha value is -1.09. The molecule has 2 rings (SSSR count). The second-order valence-corrected chi connectivity index (χ2v) is 3.07. The van der Waals surface area contributed by atoms with E-state index >= 15 is 0 Å². The third-order valence-electron chi connectivity index (χ3n) is 2.00. The van der Waals surface area contributed by atoms with Gasteiger partial charge in [0, 0.05) is 34.7 Å². The molecule has 0 saturated carbocycles. The molecule has 0 aromatic heterocycles. The molecule has 0 aliphatic rings. The van der Waals surface area contributed by atoms with Crippen LogP contribution in [-0.4, -0.2) is 5.97 Å². The van der Waals surface area contributed by atoms with Gasteiger partial charge in [0.2, 0.25) is 0 Å². The topological polar surface area (TPSA) is 26.3 Å². The van der Waals surface area contributed by atoms with Gasteiger partial charge in [0.05, 0.1) is 0 Å². The van der Waals surface area contributed by atoms with E-state index in [0.29, 0.717) is 5.75 Å². The zero-order valence-electron chi connectivity index (χ0n) is 8.16. The summed E-state index contributed by atoms with van der Waals surface area (Å²) in [4.78, 5) is 10.8. The van der Waals surface area contributed by atoms with Crippen molar-refractivity contribution in [2.24, 2.45) is 0 Å². The smallest absolute Gasteiger partial charge is 0.308 e. The minimum atomic E-state index is -0.290. The van der Waals surface area contributed by atoms with E-state index in [1.165, 1.54) is 6.92 Å². The maximum atomic E-state index is 10.8. The Morgan fingerprint density at radius 1 is 1.07 bits per heavy atom. The molecule has 0 bridgehead atoms. The van der Waals surface area contributed by atoms with Gasteiger partial charge in [-0.05, 0) is 11.5 Å². The summed E-state index contributed by atoms with van der Waals surface area (Å²) in [5.74, 6) is 0.331. The molecule has 0 heterocycles. The van der Waals surface area contributed by atoms with E-state index in [1.54, 1.807) is 6.07 Å². The van der Waals surface area contributed by atoms with Crippen LogP contribution in [0.25, 0.3) is 10.8 Å². The molecule has 0 spiro atoms. The summed E-state index contributed by atoms with van der Waals surface area (Å²) >= 11 is 0. The van der Waals surface area contributed by atoms with Gasteiger partial charge in [-0.2, -0.15) is 0 Å². The number of ether oxygens (including phenoxy) is 1. The van der Waals surface area contributed by atoms with Gasteiger partial charge in [-0.15, -0.1) is 0 Å². The van der Waals surface area contributed by atoms with Gasteiger partial charge in [0.15, 0.2) is 0 Å². The normalized spacial score (nSPS) is 9.40. The second-order valence-electron chi connectivity index (χ2n) is 3.07. The van der Waals surface area contributed by atoms with Crippen LogP contribution in [0.5, 0.6) is 5.75 Å². The Bertz CT molecular complexity index is 475. The first-order valence-electron chi connectivity index (χ1n) is 4.43. The minimum Gasteiger partial charge on any atom is -0.426 e. The molecule has 0 atom stereocenters. The van der Waals surface area contributed by atoms with Crippen LogP contribution >= 0.6 is 0 Å². The average molecular weight is 294 g/mol. The van der Waals surface area contributed by atoms with Crippen molar-refractivity contribution in [3.05, 3.63) is 42.5 Å². The SMILES string of the molecule is CC(=O)Oc1cccc2ccccc12.[Ag]. The first-order chi connectivity index (χ1) is 6.77. The molecule has 1 radical (unpaired) electrons. The van der Waals surface area contributed by atoms with E-state index in [-0.39, 0.29) is 28.3 Å². The van der Waals surface area contributed by atoms with Gasteiger partial charge in [-0.25, -0.2) is 0 Å². The standard InChI is InChI=1S/C12H10O2.Ag/c1-9(13)14-12-8-4-6-10-5-2-3-7-11(10)12;/h2-8H,1H3;. The molecule has 0 fully saturated rings. The largest absolute Gasteiger partial charge is 0.426 e. The number of benzene rings is 2. The van der Waals surface area contributed by atoms with E-state index in [9.17, 15) is 4.79 Å². The number of rotatable bonds is 1. The predicted octanol–water partition coefficient (Wildman–Crippen LogP) is 2.76. The number of esters is 1. The van der Waals surface area contributed by atoms with Crippen LogP contribution < -0.4 is 4.74 Å². The van der Waals surface area contributed by atoms with Crippen molar-refractivity contribution in [1.82, 2.24) is 0 Å². The van der Waals surface area contributed by atoms with E-state index in [0.717, 1.165) is 10.8 Å². The van der Waals surface area contributed by atoms with Crippen molar-refractivity contribution in [1.29, 1.82) is 0 Å². The molecule has 2 nitrogen and oxygen atoms in total. The quantitative estimate of drug-likeness (QED) is 0.459. The number of hydrogen-bond donors (Lipinski definition) is 0. The fourth-order valence-corrected chi connectivity index (χ4v) is 1.44. The molecule has 3 heteroatoms. The number of carbonyl (C=O) groups excluding carboxylic acids is 1. The van der Waals surface area contributed by atoms with Crippen molar-refractivity contribution < 1.29 is 31.9 Å². The van der Waals surface area contributed by atoms with Gasteiger partial charge < -0.3 is 4.74 Å². The maximum absolute atomic E-state index is 10.8. The van der Waals surface area contributed by atoms with Crippen LogP contribution in [0.15, 0.2) is 42.5 Å². The Kier molecular flexibility index (Phi) is 4.09. The number of fused-ring (bicyclic) bond motifs is 1. The fourth-order valence-electron chi connectivity index (χ4n) is 1.44. The Morgan fingerprint density at radius 2 is 1.73 bits per heavy atom. The van der Waals surface area contributed by atoms with Gasteiger partial charge >= 0.3 is 5.97 Å². The molecular weight excluding hydrogens is 284 g/mol. The summed E-state index contributed by atoms with van der Waals surface area (Å²) in [6.07, 6.45) is 0. The molecule has 15 heavy (non-hydrogen) atoms. The summed E-state index contributed by atoms with van der Waals surface area (Å²) < 4.78 is 5.09. The van der Waals surface area contributed by atoms with Crippen LogP contribution in [0.4, 0.5) is 0 Å². The van der Waals surface area contributed by atoms with Gasteiger partial charge in [0.1, 0.15) is 5.75 Å². The zero-order valence-corrected chi connectivity index (χ0v) is 9.64. The molecule has 81 valence electrons. The molecule has 0 aliphatic heterocycles. The van der Waals surface area contributed by atoms with Crippen molar-refractivity contribution in [2.75, 3.05) is 0 Å². The predicted molar refractivity (Wildman–Crippen MR) is 55.3 cm³/mol. The van der Waals surface area contributed by atoms with Crippen LogP contribution in [0.2, 0.25) is 0 Å². The molecule has 0 saturated heterocycles. The molecule has 0 amide bonds. The van der Waals surface area contributed by atoms with Crippen molar-refractivity contribution >= 4 is 16.7 Å². The van der Waals surface area contributed by atoms with E-state index < -0.39 is 0 Å². The third-order valence-corrected chi connectivity index (χ3v) is 2.00. The average Bonchev–Trinajstić information content (AvgIpc) is 2.18. The number of hydrogen-bond acceptors (Lipinski definition) is 2. The first-order valence-corrected chi connectivity index (χ1v) is 4.43. The Labute approximate surface area is 104 Å². The van der Waals surface area contributed by atoms with Gasteiger partial charge in [-0.1, -0.05) is 36.4 Å². The van der Waals surface area contributed by atoms with Crippen molar-refractivity contribution in [2.45, 2.75) is 6.92 Å². The number of carbonyl (C=O) groups is 1. The fraction of sp³-hybridized carbons (Fsp3) is 0.0833. The zero-order chi connectivity index (χ0) is 9.97. The summed E-state index contributed by atoms with van der Waals surface area (Å²) in [7, 11) is 0. The summed E-state index contributed by atoms with van der Waals surface area (Å²) in [6.45, 7) is 1.40. The monoisotopic (exact) mass is 293 g/mol. The van der Waals surface area contributed by atoms with E-state index in [2.05, 4.69) is 0 Å². The summed E-state index contributed by atoms with van der Waals surface area (Å²) in [6, 6.07) is 13.5. The van der Waals surface area contributed by atoms with Crippen molar-refractivity contribution in [3.8, 4) is 5.75 Å². The molecule has 0 unspecified atom stereocenters. The van der Waals surface area contributed by atoms with E-state index in [1.807, 2.05) is 36.4 Å². The third kappa shape index (κ3) is 2.69. The molecule has 2 aromatic rings. The van der Waals surface area contributed by atoms with Crippen LogP contribution in [0.1, 0.15) is 6.92 Å². The molecule has 0 N–H and O–H groups in total. The van der Waals surface area contributed by atoms with E-state index in [4.69, 9.17) is 4.74 Å². The van der Waals surface area contributed by atoms with Gasteiger partial charge in [0.25, 0.3) is 0 Å². The summed E-state index contributed by atoms with van der Waals surface area (Å²) in [5.41, 5.74) is 0. The van der Waals surface area contributed by atoms with Crippen LogP contribution in [0, 0.1) is 0 Å². The van der Waals surface area contributed by atoms with Crippen LogP contribution in [-0.2, 0) is 27.2 Å². The van der Waals surface area contributed by atoms with Crippen molar-refractivity contribution in [3.63, 3.8) is 0 Å². The molecule has 2 aromatic carbocycles. The maximum Gasteiger partial charge on any atom is 0.308 e. The van der Waals surface area contributed by atoms with Crippen LogP contribution in [0.3, 0.4) is 0 Å². The molecular formula is C12H10AgO2.